The molecule has 1 aromatic rings. The number of rotatable bonds is 4. The van der Waals surface area contributed by atoms with Crippen molar-refractivity contribution >= 4 is 23.4 Å². The van der Waals surface area contributed by atoms with Crippen molar-refractivity contribution in [2.75, 3.05) is 19.6 Å². The first kappa shape index (κ1) is 15.3. The van der Waals surface area contributed by atoms with Gasteiger partial charge in [-0.1, -0.05) is 23.7 Å². The van der Waals surface area contributed by atoms with E-state index >= 15 is 0 Å². The third kappa shape index (κ3) is 3.61. The van der Waals surface area contributed by atoms with Gasteiger partial charge in [-0.25, -0.2) is 0 Å². The molecular weight excluding hydrogens is 300 g/mol. The number of benzene rings is 1. The van der Waals surface area contributed by atoms with Crippen molar-refractivity contribution in [3.05, 3.63) is 34.9 Å². The maximum atomic E-state index is 12.6. The van der Waals surface area contributed by atoms with E-state index in [0.717, 1.165) is 19.4 Å². The van der Waals surface area contributed by atoms with Crippen molar-refractivity contribution in [1.82, 2.24) is 10.2 Å². The van der Waals surface area contributed by atoms with Crippen LogP contribution < -0.4 is 5.32 Å². The first-order chi connectivity index (χ1) is 10.6. The van der Waals surface area contributed by atoms with Crippen LogP contribution in [0.1, 0.15) is 36.0 Å². The Morgan fingerprint density at radius 3 is 2.73 bits per heavy atom. The fourth-order valence-corrected chi connectivity index (χ4v) is 3.11. The summed E-state index contributed by atoms with van der Waals surface area (Å²) in [6.45, 7) is 1.96. The first-order valence-corrected chi connectivity index (χ1v) is 8.34. The van der Waals surface area contributed by atoms with Crippen molar-refractivity contribution < 1.29 is 9.59 Å². The SMILES string of the molecule is O=C(NCC1CC1)[C@H]1CCCN(C(=O)c2ccccc2Cl)C1. The van der Waals surface area contributed by atoms with E-state index in [1.54, 1.807) is 17.0 Å². The molecular formula is C17H21ClN2O2. The molecule has 1 aliphatic carbocycles. The number of nitrogens with zero attached hydrogens (tertiary/aromatic N) is 1. The zero-order chi connectivity index (χ0) is 15.5. The second-order valence-electron chi connectivity index (χ2n) is 6.26. The predicted molar refractivity (Wildman–Crippen MR) is 85.8 cm³/mol. The van der Waals surface area contributed by atoms with Crippen molar-refractivity contribution in [2.24, 2.45) is 11.8 Å². The lowest BCUT2D eigenvalue weighted by molar-refractivity contribution is -0.126. The lowest BCUT2D eigenvalue weighted by Gasteiger charge is -2.32. The molecule has 2 amide bonds. The summed E-state index contributed by atoms with van der Waals surface area (Å²) in [6, 6.07) is 7.08. The van der Waals surface area contributed by atoms with Crippen molar-refractivity contribution in [2.45, 2.75) is 25.7 Å². The van der Waals surface area contributed by atoms with E-state index in [0.29, 0.717) is 29.6 Å². The summed E-state index contributed by atoms with van der Waals surface area (Å²) in [6.07, 6.45) is 4.16. The molecule has 22 heavy (non-hydrogen) atoms. The Kier molecular flexibility index (Phi) is 4.67. The molecule has 0 spiro atoms. The smallest absolute Gasteiger partial charge is 0.255 e. The summed E-state index contributed by atoms with van der Waals surface area (Å²) in [5.74, 6) is 0.584. The van der Waals surface area contributed by atoms with Crippen LogP contribution in [0.2, 0.25) is 5.02 Å². The van der Waals surface area contributed by atoms with Gasteiger partial charge in [0.05, 0.1) is 16.5 Å². The quantitative estimate of drug-likeness (QED) is 0.927. The minimum atomic E-state index is -0.0982. The molecule has 0 bridgehead atoms. The number of carbonyl (C=O) groups excluding carboxylic acids is 2. The van der Waals surface area contributed by atoms with Gasteiger partial charge < -0.3 is 10.2 Å². The molecule has 1 aliphatic heterocycles. The van der Waals surface area contributed by atoms with Crippen LogP contribution in [0, 0.1) is 11.8 Å². The van der Waals surface area contributed by atoms with Crippen LogP contribution in [0.25, 0.3) is 0 Å². The number of hydrogen-bond donors (Lipinski definition) is 1. The molecule has 1 N–H and O–H groups in total. The normalized spacial score (nSPS) is 21.5. The minimum absolute atomic E-state index is 0.0784. The summed E-state index contributed by atoms with van der Waals surface area (Å²) in [5.41, 5.74) is 0.517. The highest BCUT2D eigenvalue weighted by Crippen LogP contribution is 2.28. The highest BCUT2D eigenvalue weighted by Gasteiger charge is 2.30. The van der Waals surface area contributed by atoms with E-state index in [-0.39, 0.29) is 17.7 Å². The molecule has 0 aromatic heterocycles. The standard InChI is InChI=1S/C17H21ClN2O2/c18-15-6-2-1-5-14(15)17(22)20-9-3-4-13(11-20)16(21)19-10-12-7-8-12/h1-2,5-6,12-13H,3-4,7-11H2,(H,19,21)/t13-/m0/s1. The molecule has 1 heterocycles. The monoisotopic (exact) mass is 320 g/mol. The van der Waals surface area contributed by atoms with E-state index in [1.807, 2.05) is 12.1 Å². The molecule has 1 aromatic carbocycles. The molecule has 1 atom stereocenters. The van der Waals surface area contributed by atoms with Gasteiger partial charge >= 0.3 is 0 Å². The van der Waals surface area contributed by atoms with Gasteiger partial charge in [0.15, 0.2) is 0 Å². The number of amides is 2. The lowest BCUT2D eigenvalue weighted by Crippen LogP contribution is -2.45. The molecule has 2 fully saturated rings. The number of likely N-dealkylation sites (tertiary alicyclic amines) is 1. The minimum Gasteiger partial charge on any atom is -0.356 e. The average Bonchev–Trinajstić information content (AvgIpc) is 3.37. The summed E-state index contributed by atoms with van der Waals surface area (Å²) >= 11 is 6.10. The highest BCUT2D eigenvalue weighted by molar-refractivity contribution is 6.33. The Bertz CT molecular complexity index is 572. The van der Waals surface area contributed by atoms with E-state index in [4.69, 9.17) is 11.6 Å². The van der Waals surface area contributed by atoms with Crippen LogP contribution in [0.4, 0.5) is 0 Å². The number of piperidine rings is 1. The number of hydrogen-bond acceptors (Lipinski definition) is 2. The number of halogens is 1. The van der Waals surface area contributed by atoms with Crippen molar-refractivity contribution in [1.29, 1.82) is 0 Å². The molecule has 1 saturated heterocycles. The van der Waals surface area contributed by atoms with Crippen LogP contribution >= 0.6 is 11.6 Å². The summed E-state index contributed by atoms with van der Waals surface area (Å²) in [5, 5.41) is 3.49. The Hall–Kier alpha value is -1.55. The maximum Gasteiger partial charge on any atom is 0.255 e. The highest BCUT2D eigenvalue weighted by atomic mass is 35.5. The van der Waals surface area contributed by atoms with Gasteiger partial charge in [-0.3, -0.25) is 9.59 Å². The fourth-order valence-electron chi connectivity index (χ4n) is 2.89. The van der Waals surface area contributed by atoms with E-state index < -0.39 is 0 Å². The molecule has 2 aliphatic rings. The van der Waals surface area contributed by atoms with Gasteiger partial charge in [0.1, 0.15) is 0 Å². The Labute approximate surface area is 135 Å². The van der Waals surface area contributed by atoms with Gasteiger partial charge in [-0.05, 0) is 43.7 Å². The van der Waals surface area contributed by atoms with Crippen LogP contribution in [0.15, 0.2) is 24.3 Å². The van der Waals surface area contributed by atoms with Crippen LogP contribution in [0.5, 0.6) is 0 Å². The zero-order valence-electron chi connectivity index (χ0n) is 12.6. The lowest BCUT2D eigenvalue weighted by atomic mass is 9.96. The molecule has 5 heteroatoms. The van der Waals surface area contributed by atoms with E-state index in [2.05, 4.69) is 5.32 Å². The number of carbonyl (C=O) groups is 2. The van der Waals surface area contributed by atoms with Crippen molar-refractivity contribution in [3.8, 4) is 0 Å². The van der Waals surface area contributed by atoms with Gasteiger partial charge in [0.25, 0.3) is 5.91 Å². The molecule has 3 rings (SSSR count). The summed E-state index contributed by atoms with van der Waals surface area (Å²) in [7, 11) is 0. The third-order valence-corrected chi connectivity index (χ3v) is 4.78. The average molecular weight is 321 g/mol. The molecule has 0 radical (unpaired) electrons. The second-order valence-corrected chi connectivity index (χ2v) is 6.67. The van der Waals surface area contributed by atoms with Crippen LogP contribution in [-0.4, -0.2) is 36.3 Å². The molecule has 118 valence electrons. The van der Waals surface area contributed by atoms with Crippen molar-refractivity contribution in [3.63, 3.8) is 0 Å². The fraction of sp³-hybridized carbons (Fsp3) is 0.529. The predicted octanol–water partition coefficient (Wildman–Crippen LogP) is 2.72. The molecule has 0 unspecified atom stereocenters. The maximum absolute atomic E-state index is 12.6. The molecule has 4 nitrogen and oxygen atoms in total. The summed E-state index contributed by atoms with van der Waals surface area (Å²) < 4.78 is 0. The summed E-state index contributed by atoms with van der Waals surface area (Å²) in [4.78, 5) is 26.6. The van der Waals surface area contributed by atoms with Crippen LogP contribution in [-0.2, 0) is 4.79 Å². The second kappa shape index (κ2) is 6.69. The Balaban J connectivity index is 1.61. The number of nitrogens with one attached hydrogen (secondary N) is 1. The Morgan fingerprint density at radius 2 is 2.00 bits per heavy atom. The van der Waals surface area contributed by atoms with Gasteiger partial charge in [-0.15, -0.1) is 0 Å². The first-order valence-electron chi connectivity index (χ1n) is 7.96. The van der Waals surface area contributed by atoms with Gasteiger partial charge in [0, 0.05) is 19.6 Å². The molecule has 1 saturated carbocycles. The van der Waals surface area contributed by atoms with Gasteiger partial charge in [-0.2, -0.15) is 0 Å². The van der Waals surface area contributed by atoms with Crippen LogP contribution in [0.3, 0.4) is 0 Å². The zero-order valence-corrected chi connectivity index (χ0v) is 13.3. The topological polar surface area (TPSA) is 49.4 Å². The van der Waals surface area contributed by atoms with Gasteiger partial charge in [0.2, 0.25) is 5.91 Å². The van der Waals surface area contributed by atoms with E-state index in [1.165, 1.54) is 12.8 Å². The Morgan fingerprint density at radius 1 is 1.23 bits per heavy atom. The third-order valence-electron chi connectivity index (χ3n) is 4.45. The van der Waals surface area contributed by atoms with E-state index in [9.17, 15) is 9.59 Å². The largest absolute Gasteiger partial charge is 0.356 e.